The highest BCUT2D eigenvalue weighted by atomic mass is 32.1. The number of rotatable bonds is 4. The smallest absolute Gasteiger partial charge is 0.263 e. The molecule has 6 heteroatoms. The lowest BCUT2D eigenvalue weighted by Crippen LogP contribution is -2.25. The van der Waals surface area contributed by atoms with Crippen LogP contribution in [0.15, 0.2) is 42.9 Å². The number of carbonyl (C=O) groups excluding carboxylic acids is 1. The van der Waals surface area contributed by atoms with Crippen LogP contribution < -0.4 is 11.1 Å². The van der Waals surface area contributed by atoms with Gasteiger partial charge in [-0.1, -0.05) is 6.07 Å². The second kappa shape index (κ2) is 5.88. The molecule has 3 heterocycles. The van der Waals surface area contributed by atoms with Gasteiger partial charge in [0.25, 0.3) is 5.91 Å². The Bertz CT molecular complexity index is 770. The molecule has 0 aliphatic heterocycles. The number of nitrogens with one attached hydrogen (secondary N) is 1. The van der Waals surface area contributed by atoms with Crippen LogP contribution in [-0.2, 0) is 6.42 Å². The fourth-order valence-electron chi connectivity index (χ4n) is 2.06. The quantitative estimate of drug-likeness (QED) is 0.774. The Morgan fingerprint density at radius 1 is 1.29 bits per heavy atom. The van der Waals surface area contributed by atoms with Gasteiger partial charge in [-0.05, 0) is 30.2 Å². The monoisotopic (exact) mass is 298 g/mol. The highest BCUT2D eigenvalue weighted by molar-refractivity contribution is 7.21. The normalized spacial score (nSPS) is 10.7. The molecule has 1 amide bonds. The van der Waals surface area contributed by atoms with Crippen LogP contribution in [-0.4, -0.2) is 22.4 Å². The molecule has 0 aromatic carbocycles. The first-order chi connectivity index (χ1) is 10.3. The van der Waals surface area contributed by atoms with E-state index in [-0.39, 0.29) is 5.91 Å². The van der Waals surface area contributed by atoms with Crippen molar-refractivity contribution in [2.24, 2.45) is 0 Å². The van der Waals surface area contributed by atoms with Crippen LogP contribution in [0.2, 0.25) is 0 Å². The lowest BCUT2D eigenvalue weighted by molar-refractivity contribution is 0.0959. The molecule has 3 aromatic rings. The summed E-state index contributed by atoms with van der Waals surface area (Å²) in [6, 6.07) is 7.61. The summed E-state index contributed by atoms with van der Waals surface area (Å²) in [5.74, 6) is -0.153. The molecule has 0 atom stereocenters. The van der Waals surface area contributed by atoms with E-state index >= 15 is 0 Å². The Hall–Kier alpha value is -2.47. The molecule has 0 aliphatic rings. The average molecular weight is 298 g/mol. The van der Waals surface area contributed by atoms with Crippen molar-refractivity contribution in [3.63, 3.8) is 0 Å². The molecule has 106 valence electrons. The highest BCUT2D eigenvalue weighted by Crippen LogP contribution is 2.31. The number of thiophene rings is 1. The van der Waals surface area contributed by atoms with Crippen LogP contribution in [0.25, 0.3) is 10.2 Å². The first-order valence-electron chi connectivity index (χ1n) is 6.56. The molecular formula is C15H14N4OS. The van der Waals surface area contributed by atoms with Gasteiger partial charge < -0.3 is 11.1 Å². The minimum absolute atomic E-state index is 0.153. The minimum Gasteiger partial charge on any atom is -0.396 e. The SMILES string of the molecule is Nc1c(C(=O)NCCc2cccnc2)sc2cccnc12. The highest BCUT2D eigenvalue weighted by Gasteiger charge is 2.16. The number of nitrogens with two attached hydrogens (primary N) is 1. The van der Waals surface area contributed by atoms with Crippen LogP contribution in [0.5, 0.6) is 0 Å². The van der Waals surface area contributed by atoms with Gasteiger partial charge in [0.2, 0.25) is 0 Å². The van der Waals surface area contributed by atoms with Gasteiger partial charge in [0.05, 0.1) is 10.4 Å². The van der Waals surface area contributed by atoms with Crippen molar-refractivity contribution >= 4 is 33.1 Å². The Labute approximate surface area is 125 Å². The van der Waals surface area contributed by atoms with Crippen LogP contribution in [0.4, 0.5) is 5.69 Å². The van der Waals surface area contributed by atoms with E-state index in [1.54, 1.807) is 18.6 Å². The predicted octanol–water partition coefficient (Wildman–Crippen LogP) is 2.25. The third-order valence-electron chi connectivity index (χ3n) is 3.11. The molecule has 0 fully saturated rings. The molecule has 3 N–H and O–H groups in total. The molecule has 3 rings (SSSR count). The van der Waals surface area contributed by atoms with E-state index in [1.807, 2.05) is 24.3 Å². The second-order valence-electron chi connectivity index (χ2n) is 4.56. The van der Waals surface area contributed by atoms with Gasteiger partial charge in [0.15, 0.2) is 0 Å². The van der Waals surface area contributed by atoms with Crippen LogP contribution in [0.1, 0.15) is 15.2 Å². The van der Waals surface area contributed by atoms with Crippen LogP contribution >= 0.6 is 11.3 Å². The maximum Gasteiger partial charge on any atom is 0.263 e. The molecule has 0 aliphatic carbocycles. The van der Waals surface area contributed by atoms with Crippen LogP contribution in [0, 0.1) is 0 Å². The van der Waals surface area contributed by atoms with Gasteiger partial charge in [0.1, 0.15) is 10.4 Å². The lowest BCUT2D eigenvalue weighted by Gasteiger charge is -2.04. The molecule has 0 bridgehead atoms. The molecule has 0 saturated heterocycles. The molecule has 0 unspecified atom stereocenters. The van der Waals surface area contributed by atoms with E-state index in [1.165, 1.54) is 11.3 Å². The average Bonchev–Trinajstić information content (AvgIpc) is 2.86. The first-order valence-corrected chi connectivity index (χ1v) is 7.37. The standard InChI is InChI=1S/C15H14N4OS/c16-12-13-11(4-2-7-18-13)21-14(12)15(20)19-8-5-10-3-1-6-17-9-10/h1-4,6-7,9H,5,8,16H2,(H,19,20). The molecule has 0 spiro atoms. The van der Waals surface area contributed by atoms with Gasteiger partial charge in [-0.15, -0.1) is 11.3 Å². The number of fused-ring (bicyclic) bond motifs is 1. The maximum absolute atomic E-state index is 12.2. The Morgan fingerprint density at radius 3 is 2.90 bits per heavy atom. The molecular weight excluding hydrogens is 284 g/mol. The number of carbonyl (C=O) groups is 1. The number of nitrogen functional groups attached to an aromatic ring is 1. The van der Waals surface area contributed by atoms with Gasteiger partial charge >= 0.3 is 0 Å². The third-order valence-corrected chi connectivity index (χ3v) is 4.27. The molecule has 0 saturated carbocycles. The number of pyridine rings is 2. The number of hydrogen-bond donors (Lipinski definition) is 2. The van der Waals surface area contributed by atoms with Crippen molar-refractivity contribution < 1.29 is 4.79 Å². The summed E-state index contributed by atoms with van der Waals surface area (Å²) < 4.78 is 0.924. The number of nitrogens with zero attached hydrogens (tertiary/aromatic N) is 2. The molecule has 0 radical (unpaired) electrons. The van der Waals surface area contributed by atoms with E-state index in [2.05, 4.69) is 15.3 Å². The summed E-state index contributed by atoms with van der Waals surface area (Å²) in [7, 11) is 0. The van der Waals surface area contributed by atoms with E-state index in [4.69, 9.17) is 5.73 Å². The lowest BCUT2D eigenvalue weighted by atomic mass is 10.2. The van der Waals surface area contributed by atoms with Crippen LogP contribution in [0.3, 0.4) is 0 Å². The first kappa shape index (κ1) is 13.5. The minimum atomic E-state index is -0.153. The van der Waals surface area contributed by atoms with Gasteiger partial charge in [-0.2, -0.15) is 0 Å². The van der Waals surface area contributed by atoms with E-state index in [0.717, 1.165) is 16.7 Å². The fraction of sp³-hybridized carbons (Fsp3) is 0.133. The van der Waals surface area contributed by atoms with Crippen molar-refractivity contribution in [1.29, 1.82) is 0 Å². The van der Waals surface area contributed by atoms with E-state index in [9.17, 15) is 4.79 Å². The van der Waals surface area contributed by atoms with E-state index in [0.29, 0.717) is 22.6 Å². The zero-order valence-electron chi connectivity index (χ0n) is 11.2. The predicted molar refractivity (Wildman–Crippen MR) is 84.3 cm³/mol. The summed E-state index contributed by atoms with van der Waals surface area (Å²) in [5.41, 5.74) is 8.23. The van der Waals surface area contributed by atoms with Gasteiger partial charge in [0, 0.05) is 25.1 Å². The van der Waals surface area contributed by atoms with E-state index < -0.39 is 0 Å². The summed E-state index contributed by atoms with van der Waals surface area (Å²) in [6.07, 6.45) is 5.94. The second-order valence-corrected chi connectivity index (χ2v) is 5.61. The third kappa shape index (κ3) is 2.85. The largest absolute Gasteiger partial charge is 0.396 e. The fourth-order valence-corrected chi connectivity index (χ4v) is 3.06. The van der Waals surface area contributed by atoms with Crippen molar-refractivity contribution in [3.8, 4) is 0 Å². The number of aromatic nitrogens is 2. The number of amides is 1. The summed E-state index contributed by atoms with van der Waals surface area (Å²) in [6.45, 7) is 0.547. The summed E-state index contributed by atoms with van der Waals surface area (Å²) in [4.78, 5) is 21.0. The number of hydrogen-bond acceptors (Lipinski definition) is 5. The zero-order valence-corrected chi connectivity index (χ0v) is 12.1. The van der Waals surface area contributed by atoms with Crippen molar-refractivity contribution in [2.45, 2.75) is 6.42 Å². The van der Waals surface area contributed by atoms with Gasteiger partial charge in [-0.25, -0.2) is 0 Å². The molecule has 5 nitrogen and oxygen atoms in total. The van der Waals surface area contributed by atoms with Gasteiger partial charge in [-0.3, -0.25) is 14.8 Å². The number of anilines is 1. The Balaban J connectivity index is 1.68. The topological polar surface area (TPSA) is 80.9 Å². The zero-order chi connectivity index (χ0) is 14.7. The van der Waals surface area contributed by atoms with Crippen molar-refractivity contribution in [1.82, 2.24) is 15.3 Å². The molecule has 3 aromatic heterocycles. The van der Waals surface area contributed by atoms with Crippen molar-refractivity contribution in [2.75, 3.05) is 12.3 Å². The summed E-state index contributed by atoms with van der Waals surface area (Å²) >= 11 is 1.37. The Kier molecular flexibility index (Phi) is 3.79. The Morgan fingerprint density at radius 2 is 2.14 bits per heavy atom. The van der Waals surface area contributed by atoms with Crippen molar-refractivity contribution in [3.05, 3.63) is 53.3 Å². The maximum atomic E-state index is 12.2. The molecule has 21 heavy (non-hydrogen) atoms. The summed E-state index contributed by atoms with van der Waals surface area (Å²) in [5, 5.41) is 2.89.